The lowest BCUT2D eigenvalue weighted by Gasteiger charge is -2.33. The standard InChI is InChI=1S/C29H34F5N7O4/c1-15-20(14-45-40-15)26(43)37-24(16-2-6-28(30,31)7-3-16)22-13-41-27(36-22)38-23(17-4-8-44-9-5-17)21(39-41)11-18-10-19(29(32,33)34)12-35-25(18)42/h13-14,16-19,24H,2-12H2,1H3,(H,35,42)(H,37,43)/t18-,19-,24+/m1/s1. The smallest absolute Gasteiger partial charge is 0.381 e. The zero-order chi connectivity index (χ0) is 31.9. The Labute approximate surface area is 254 Å². The van der Waals surface area contributed by atoms with E-state index in [0.717, 1.165) is 0 Å². The van der Waals surface area contributed by atoms with E-state index >= 15 is 0 Å². The van der Waals surface area contributed by atoms with Crippen LogP contribution >= 0.6 is 0 Å². The molecule has 1 saturated carbocycles. The van der Waals surface area contributed by atoms with E-state index in [1.54, 1.807) is 13.1 Å². The quantitative estimate of drug-likeness (QED) is 0.362. The SMILES string of the molecule is Cc1nocc1C(=O)N[C@H](c1cn2nc(C[C@H]3C[C@@H](C(F)(F)F)CNC3=O)c(C3CCOCC3)nc2n1)C1CCC(F)(F)CC1. The van der Waals surface area contributed by atoms with Gasteiger partial charge in [0, 0.05) is 50.9 Å². The normalized spacial score (nSPS) is 24.0. The number of amides is 2. The molecule has 244 valence electrons. The molecule has 2 N–H and O–H groups in total. The molecule has 0 unspecified atom stereocenters. The van der Waals surface area contributed by atoms with E-state index in [9.17, 15) is 31.5 Å². The predicted octanol–water partition coefficient (Wildman–Crippen LogP) is 4.47. The Bertz CT molecular complexity index is 1540. The molecule has 0 radical (unpaired) electrons. The molecule has 45 heavy (non-hydrogen) atoms. The Morgan fingerprint density at radius 2 is 1.91 bits per heavy atom. The lowest BCUT2D eigenvalue weighted by atomic mass is 9.81. The summed E-state index contributed by atoms with van der Waals surface area (Å²) in [7, 11) is 0. The molecule has 2 aliphatic heterocycles. The zero-order valence-electron chi connectivity index (χ0n) is 24.6. The zero-order valence-corrected chi connectivity index (χ0v) is 24.6. The molecule has 3 atom stereocenters. The van der Waals surface area contributed by atoms with Gasteiger partial charge in [-0.1, -0.05) is 5.16 Å². The number of ether oxygens (including phenoxy) is 1. The second-order valence-corrected chi connectivity index (χ2v) is 12.3. The van der Waals surface area contributed by atoms with Crippen molar-refractivity contribution in [3.05, 3.63) is 40.8 Å². The Balaban J connectivity index is 1.35. The number of carbonyl (C=O) groups is 2. The van der Waals surface area contributed by atoms with Gasteiger partial charge in [-0.05, 0) is 44.9 Å². The van der Waals surface area contributed by atoms with Gasteiger partial charge in [-0.15, -0.1) is 0 Å². The summed E-state index contributed by atoms with van der Waals surface area (Å²) >= 11 is 0. The minimum atomic E-state index is -4.45. The molecule has 2 saturated heterocycles. The van der Waals surface area contributed by atoms with Crippen molar-refractivity contribution < 1.29 is 40.8 Å². The maximum atomic E-state index is 14.1. The molecule has 6 rings (SSSR count). The van der Waals surface area contributed by atoms with Crippen LogP contribution in [-0.2, 0) is 16.0 Å². The summed E-state index contributed by atoms with van der Waals surface area (Å²) in [6, 6.07) is -0.766. The van der Waals surface area contributed by atoms with Gasteiger partial charge in [-0.3, -0.25) is 9.59 Å². The van der Waals surface area contributed by atoms with Crippen molar-refractivity contribution in [1.29, 1.82) is 0 Å². The van der Waals surface area contributed by atoms with Crippen LogP contribution in [0.15, 0.2) is 17.0 Å². The molecule has 5 heterocycles. The fraction of sp³-hybridized carbons (Fsp3) is 0.655. The van der Waals surface area contributed by atoms with Gasteiger partial charge in [0.05, 0.1) is 40.9 Å². The summed E-state index contributed by atoms with van der Waals surface area (Å²) in [5.41, 5.74) is 1.86. The van der Waals surface area contributed by atoms with Gasteiger partial charge in [-0.25, -0.2) is 23.3 Å². The fourth-order valence-electron chi connectivity index (χ4n) is 6.59. The second-order valence-electron chi connectivity index (χ2n) is 12.3. The molecule has 0 aromatic carbocycles. The number of nitrogens with one attached hydrogen (secondary N) is 2. The van der Waals surface area contributed by atoms with E-state index in [1.807, 2.05) is 0 Å². The van der Waals surface area contributed by atoms with Gasteiger partial charge in [0.15, 0.2) is 0 Å². The first kappa shape index (κ1) is 31.3. The van der Waals surface area contributed by atoms with E-state index in [1.165, 1.54) is 10.8 Å². The maximum absolute atomic E-state index is 14.1. The number of fused-ring (bicyclic) bond motifs is 1. The van der Waals surface area contributed by atoms with Crippen LogP contribution < -0.4 is 10.6 Å². The number of nitrogens with zero attached hydrogens (tertiary/aromatic N) is 5. The van der Waals surface area contributed by atoms with E-state index in [0.29, 0.717) is 48.8 Å². The molecule has 11 nitrogen and oxygen atoms in total. The van der Waals surface area contributed by atoms with Gasteiger partial charge in [0.2, 0.25) is 11.8 Å². The number of hydrogen-bond acceptors (Lipinski definition) is 8. The van der Waals surface area contributed by atoms with Crippen molar-refractivity contribution in [2.45, 2.75) is 82.3 Å². The first-order chi connectivity index (χ1) is 21.4. The molecule has 3 aromatic rings. The van der Waals surface area contributed by atoms with Crippen LogP contribution in [0.4, 0.5) is 22.0 Å². The number of rotatable bonds is 7. The van der Waals surface area contributed by atoms with Gasteiger partial charge in [0.25, 0.3) is 11.7 Å². The molecule has 3 aliphatic rings. The largest absolute Gasteiger partial charge is 0.393 e. The molecule has 3 aromatic heterocycles. The number of carbonyl (C=O) groups excluding carboxylic acids is 2. The van der Waals surface area contributed by atoms with Gasteiger partial charge >= 0.3 is 6.18 Å². The van der Waals surface area contributed by atoms with Gasteiger partial charge < -0.3 is 19.9 Å². The van der Waals surface area contributed by atoms with Crippen LogP contribution in [0.1, 0.15) is 90.0 Å². The molecule has 16 heteroatoms. The van der Waals surface area contributed by atoms with E-state index in [4.69, 9.17) is 19.3 Å². The second kappa shape index (κ2) is 12.2. The lowest BCUT2D eigenvalue weighted by Crippen LogP contribution is -2.47. The van der Waals surface area contributed by atoms with Crippen molar-refractivity contribution in [2.24, 2.45) is 17.8 Å². The monoisotopic (exact) mass is 639 g/mol. The maximum Gasteiger partial charge on any atom is 0.393 e. The molecular formula is C29H34F5N7O4. The minimum Gasteiger partial charge on any atom is -0.381 e. The number of aromatic nitrogens is 5. The average molecular weight is 640 g/mol. The third-order valence-corrected chi connectivity index (χ3v) is 9.24. The highest BCUT2D eigenvalue weighted by atomic mass is 19.4. The lowest BCUT2D eigenvalue weighted by molar-refractivity contribution is -0.183. The molecule has 3 fully saturated rings. The Morgan fingerprint density at radius 1 is 1.18 bits per heavy atom. The van der Waals surface area contributed by atoms with E-state index in [2.05, 4.69) is 20.8 Å². The van der Waals surface area contributed by atoms with E-state index in [-0.39, 0.29) is 61.7 Å². The third kappa shape index (κ3) is 6.79. The topological polar surface area (TPSA) is 137 Å². The Hall–Kier alpha value is -3.69. The van der Waals surface area contributed by atoms with Crippen molar-refractivity contribution in [2.75, 3.05) is 19.8 Å². The van der Waals surface area contributed by atoms with Gasteiger partial charge in [-0.2, -0.15) is 18.3 Å². The van der Waals surface area contributed by atoms with Crippen LogP contribution in [0.25, 0.3) is 5.78 Å². The Morgan fingerprint density at radius 3 is 2.58 bits per heavy atom. The fourth-order valence-corrected chi connectivity index (χ4v) is 6.59. The van der Waals surface area contributed by atoms with E-state index < -0.39 is 48.3 Å². The number of imidazole rings is 1. The number of alkyl halides is 5. The van der Waals surface area contributed by atoms with Crippen LogP contribution in [0.3, 0.4) is 0 Å². The summed E-state index contributed by atoms with van der Waals surface area (Å²) in [6.45, 7) is 2.09. The summed E-state index contributed by atoms with van der Waals surface area (Å²) in [6.07, 6.45) is -1.25. The predicted molar refractivity (Wildman–Crippen MR) is 146 cm³/mol. The highest BCUT2D eigenvalue weighted by Crippen LogP contribution is 2.42. The Kier molecular flexibility index (Phi) is 8.52. The summed E-state index contributed by atoms with van der Waals surface area (Å²) in [5, 5.41) is 13.8. The first-order valence-electron chi connectivity index (χ1n) is 15.2. The number of aryl methyl sites for hydroxylation is 1. The van der Waals surface area contributed by atoms with Crippen molar-refractivity contribution in [3.63, 3.8) is 0 Å². The summed E-state index contributed by atoms with van der Waals surface area (Å²) in [5.74, 6) is -6.66. The van der Waals surface area contributed by atoms with Crippen molar-refractivity contribution >= 4 is 17.6 Å². The highest BCUT2D eigenvalue weighted by Gasteiger charge is 2.45. The molecule has 0 spiro atoms. The minimum absolute atomic E-state index is 0.0494. The molecule has 2 amide bonds. The van der Waals surface area contributed by atoms with Crippen molar-refractivity contribution in [3.8, 4) is 0 Å². The van der Waals surface area contributed by atoms with Crippen LogP contribution in [0.2, 0.25) is 0 Å². The number of piperidine rings is 1. The average Bonchev–Trinajstić information content (AvgIpc) is 3.62. The van der Waals surface area contributed by atoms with Gasteiger partial charge in [0.1, 0.15) is 11.8 Å². The van der Waals surface area contributed by atoms with Crippen LogP contribution in [0, 0.1) is 24.7 Å². The van der Waals surface area contributed by atoms with Crippen LogP contribution in [0.5, 0.6) is 0 Å². The molecular weight excluding hydrogens is 605 g/mol. The summed E-state index contributed by atoms with van der Waals surface area (Å²) < 4.78 is 80.6. The van der Waals surface area contributed by atoms with Crippen LogP contribution in [-0.4, -0.2) is 68.4 Å². The number of halogens is 5. The highest BCUT2D eigenvalue weighted by molar-refractivity contribution is 5.95. The summed E-state index contributed by atoms with van der Waals surface area (Å²) in [4.78, 5) is 35.4. The molecule has 0 bridgehead atoms. The third-order valence-electron chi connectivity index (χ3n) is 9.24. The first-order valence-corrected chi connectivity index (χ1v) is 15.2. The number of hydrogen-bond donors (Lipinski definition) is 2. The van der Waals surface area contributed by atoms with Crippen molar-refractivity contribution in [1.82, 2.24) is 35.4 Å². The molecule has 1 aliphatic carbocycles.